The van der Waals surface area contributed by atoms with Crippen LogP contribution in [0.25, 0.3) is 11.3 Å². The van der Waals surface area contributed by atoms with Crippen LogP contribution < -0.4 is 15.2 Å². The molecule has 1 atom stereocenters. The fraction of sp³-hybridized carbons (Fsp3) is 0.438. The van der Waals surface area contributed by atoms with Crippen molar-refractivity contribution in [1.29, 1.82) is 0 Å². The summed E-state index contributed by atoms with van der Waals surface area (Å²) in [6.45, 7) is 4.24. The molecule has 0 radical (unpaired) electrons. The Kier molecular flexibility index (Phi) is 4.85. The van der Waals surface area contributed by atoms with E-state index in [-0.39, 0.29) is 6.04 Å². The molecule has 21 heavy (non-hydrogen) atoms. The summed E-state index contributed by atoms with van der Waals surface area (Å²) in [4.78, 5) is 4.29. The first-order valence-corrected chi connectivity index (χ1v) is 6.98. The highest BCUT2D eigenvalue weighted by molar-refractivity contribution is 5.67. The quantitative estimate of drug-likeness (QED) is 0.882. The molecule has 0 saturated heterocycles. The predicted octanol–water partition coefficient (Wildman–Crippen LogP) is 3.40. The van der Waals surface area contributed by atoms with E-state index in [4.69, 9.17) is 19.6 Å². The van der Waals surface area contributed by atoms with Crippen LogP contribution in [0.2, 0.25) is 0 Å². The largest absolute Gasteiger partial charge is 0.497 e. The first-order chi connectivity index (χ1) is 10.0. The molecule has 5 nitrogen and oxygen atoms in total. The lowest BCUT2D eigenvalue weighted by Gasteiger charge is -2.10. The Morgan fingerprint density at radius 3 is 2.62 bits per heavy atom. The number of rotatable bonds is 6. The highest BCUT2D eigenvalue weighted by atomic mass is 16.5. The number of hydrogen-bond donors (Lipinski definition) is 1. The molecule has 0 amide bonds. The van der Waals surface area contributed by atoms with E-state index in [1.54, 1.807) is 20.4 Å². The minimum Gasteiger partial charge on any atom is -0.497 e. The van der Waals surface area contributed by atoms with Crippen LogP contribution in [0.5, 0.6) is 11.5 Å². The summed E-state index contributed by atoms with van der Waals surface area (Å²) >= 11 is 0. The van der Waals surface area contributed by atoms with E-state index in [1.165, 1.54) is 0 Å². The van der Waals surface area contributed by atoms with Gasteiger partial charge in [-0.1, -0.05) is 13.8 Å². The maximum Gasteiger partial charge on any atom is 0.211 e. The van der Waals surface area contributed by atoms with Crippen molar-refractivity contribution in [3.05, 3.63) is 30.3 Å². The van der Waals surface area contributed by atoms with Crippen LogP contribution >= 0.6 is 0 Å². The molecule has 0 aliphatic heterocycles. The van der Waals surface area contributed by atoms with Gasteiger partial charge in [-0.15, -0.1) is 0 Å². The van der Waals surface area contributed by atoms with Crippen molar-refractivity contribution >= 4 is 0 Å². The lowest BCUT2D eigenvalue weighted by Crippen LogP contribution is -2.13. The third kappa shape index (κ3) is 3.55. The van der Waals surface area contributed by atoms with Crippen molar-refractivity contribution in [2.24, 2.45) is 11.7 Å². The maximum absolute atomic E-state index is 6.10. The van der Waals surface area contributed by atoms with Gasteiger partial charge in [0.1, 0.15) is 11.5 Å². The molecule has 0 bridgehead atoms. The smallest absolute Gasteiger partial charge is 0.211 e. The van der Waals surface area contributed by atoms with Gasteiger partial charge in [0.2, 0.25) is 5.89 Å². The SMILES string of the molecule is COc1ccc(OC)c(-c2cnc(C(N)CC(C)C)o2)c1. The molecular weight excluding hydrogens is 268 g/mol. The van der Waals surface area contributed by atoms with E-state index in [9.17, 15) is 0 Å². The molecule has 5 heteroatoms. The average molecular weight is 290 g/mol. The Labute approximate surface area is 125 Å². The monoisotopic (exact) mass is 290 g/mol. The van der Waals surface area contributed by atoms with E-state index >= 15 is 0 Å². The molecule has 1 aromatic carbocycles. The van der Waals surface area contributed by atoms with Gasteiger partial charge in [-0.05, 0) is 30.5 Å². The molecule has 1 aromatic heterocycles. The standard InChI is InChI=1S/C16H22N2O3/c1-10(2)7-13(17)16-18-9-15(21-16)12-8-11(19-3)5-6-14(12)20-4/h5-6,8-10,13H,7,17H2,1-4H3. The summed E-state index contributed by atoms with van der Waals surface area (Å²) in [5.41, 5.74) is 6.90. The van der Waals surface area contributed by atoms with Gasteiger partial charge in [0.15, 0.2) is 5.76 Å². The van der Waals surface area contributed by atoms with Crippen LogP contribution in [0.3, 0.4) is 0 Å². The highest BCUT2D eigenvalue weighted by Gasteiger charge is 2.17. The van der Waals surface area contributed by atoms with Crippen molar-refractivity contribution < 1.29 is 13.9 Å². The number of nitrogens with zero attached hydrogens (tertiary/aromatic N) is 1. The highest BCUT2D eigenvalue weighted by Crippen LogP contribution is 2.34. The van der Waals surface area contributed by atoms with Crippen molar-refractivity contribution in [3.63, 3.8) is 0 Å². The van der Waals surface area contributed by atoms with E-state index in [2.05, 4.69) is 18.8 Å². The van der Waals surface area contributed by atoms with Crippen LogP contribution in [-0.4, -0.2) is 19.2 Å². The van der Waals surface area contributed by atoms with Crippen LogP contribution in [0.1, 0.15) is 32.2 Å². The predicted molar refractivity (Wildman–Crippen MR) is 81.4 cm³/mol. The lowest BCUT2D eigenvalue weighted by molar-refractivity contribution is 0.396. The number of nitrogens with two attached hydrogens (primary N) is 1. The van der Waals surface area contributed by atoms with Gasteiger partial charge in [0, 0.05) is 0 Å². The molecule has 2 rings (SSSR count). The summed E-state index contributed by atoms with van der Waals surface area (Å²) in [7, 11) is 3.24. The minimum absolute atomic E-state index is 0.199. The zero-order chi connectivity index (χ0) is 15.4. The third-order valence-electron chi connectivity index (χ3n) is 3.24. The number of hydrogen-bond acceptors (Lipinski definition) is 5. The normalized spacial score (nSPS) is 12.5. The first-order valence-electron chi connectivity index (χ1n) is 6.98. The van der Waals surface area contributed by atoms with Gasteiger partial charge in [-0.25, -0.2) is 4.98 Å². The summed E-state index contributed by atoms with van der Waals surface area (Å²) < 4.78 is 16.4. The Morgan fingerprint density at radius 1 is 1.24 bits per heavy atom. The van der Waals surface area contributed by atoms with E-state index in [0.29, 0.717) is 23.3 Å². The molecule has 2 N–H and O–H groups in total. The zero-order valence-electron chi connectivity index (χ0n) is 12.9. The van der Waals surface area contributed by atoms with Gasteiger partial charge < -0.3 is 19.6 Å². The molecular formula is C16H22N2O3. The van der Waals surface area contributed by atoms with Gasteiger partial charge in [-0.3, -0.25) is 0 Å². The average Bonchev–Trinajstić information content (AvgIpc) is 2.95. The molecule has 0 saturated carbocycles. The fourth-order valence-electron chi connectivity index (χ4n) is 2.20. The first kappa shape index (κ1) is 15.4. The van der Waals surface area contributed by atoms with Crippen molar-refractivity contribution in [2.75, 3.05) is 14.2 Å². The number of ether oxygens (including phenoxy) is 2. The Balaban J connectivity index is 2.32. The molecule has 114 valence electrons. The van der Waals surface area contributed by atoms with Gasteiger partial charge >= 0.3 is 0 Å². The maximum atomic E-state index is 6.10. The molecule has 1 unspecified atom stereocenters. The summed E-state index contributed by atoms with van der Waals surface area (Å²) in [5, 5.41) is 0. The summed E-state index contributed by atoms with van der Waals surface area (Å²) in [6.07, 6.45) is 2.50. The fourth-order valence-corrected chi connectivity index (χ4v) is 2.20. The van der Waals surface area contributed by atoms with Gasteiger partial charge in [-0.2, -0.15) is 0 Å². The number of aromatic nitrogens is 1. The molecule has 1 heterocycles. The Bertz CT molecular complexity index is 593. The second-order valence-electron chi connectivity index (χ2n) is 5.37. The van der Waals surface area contributed by atoms with Gasteiger partial charge in [0.05, 0.1) is 32.0 Å². The topological polar surface area (TPSA) is 70.5 Å². The van der Waals surface area contributed by atoms with E-state index < -0.39 is 0 Å². The number of benzene rings is 1. The summed E-state index contributed by atoms with van der Waals surface area (Å²) in [5.74, 6) is 3.09. The van der Waals surface area contributed by atoms with Crippen LogP contribution in [0, 0.1) is 5.92 Å². The zero-order valence-corrected chi connectivity index (χ0v) is 12.9. The van der Waals surface area contributed by atoms with Crippen LogP contribution in [-0.2, 0) is 0 Å². The second kappa shape index (κ2) is 6.63. The van der Waals surface area contributed by atoms with Crippen molar-refractivity contribution in [3.8, 4) is 22.8 Å². The van der Waals surface area contributed by atoms with Crippen molar-refractivity contribution in [2.45, 2.75) is 26.3 Å². The van der Waals surface area contributed by atoms with Crippen LogP contribution in [0.15, 0.2) is 28.8 Å². The molecule has 2 aromatic rings. The minimum atomic E-state index is -0.199. The van der Waals surface area contributed by atoms with Crippen molar-refractivity contribution in [1.82, 2.24) is 4.98 Å². The van der Waals surface area contributed by atoms with E-state index in [0.717, 1.165) is 17.7 Å². The molecule has 0 aliphatic rings. The van der Waals surface area contributed by atoms with Gasteiger partial charge in [0.25, 0.3) is 0 Å². The van der Waals surface area contributed by atoms with E-state index in [1.807, 2.05) is 18.2 Å². The number of oxazole rings is 1. The number of methoxy groups -OCH3 is 2. The molecule has 0 aliphatic carbocycles. The summed E-state index contributed by atoms with van der Waals surface area (Å²) in [6, 6.07) is 5.33. The Hall–Kier alpha value is -2.01. The molecule has 0 fully saturated rings. The Morgan fingerprint density at radius 2 is 2.00 bits per heavy atom. The molecule has 0 spiro atoms. The lowest BCUT2D eigenvalue weighted by atomic mass is 10.0. The van der Waals surface area contributed by atoms with Crippen LogP contribution in [0.4, 0.5) is 0 Å². The second-order valence-corrected chi connectivity index (χ2v) is 5.37. The third-order valence-corrected chi connectivity index (χ3v) is 3.24.